The van der Waals surface area contributed by atoms with Gasteiger partial charge < -0.3 is 83.7 Å². The number of nitrogens with zero attached hydrogens (tertiary/aromatic N) is 1. The monoisotopic (exact) mass is 660 g/mol. The van der Waals surface area contributed by atoms with Crippen LogP contribution in [0.1, 0.15) is 32.6 Å². The van der Waals surface area contributed by atoms with Crippen LogP contribution in [0.25, 0.3) is 0 Å². The highest BCUT2D eigenvalue weighted by atomic mass is 16.7. The van der Waals surface area contributed by atoms with Crippen molar-refractivity contribution in [3.05, 3.63) is 11.8 Å². The highest BCUT2D eigenvalue weighted by Gasteiger charge is 2.55. The number of aliphatic hydroxyl groups is 6. The molecule has 0 aromatic rings. The Labute approximate surface area is 267 Å². The smallest absolute Gasteiger partial charge is 0.252 e. The second kappa shape index (κ2) is 14.9. The quantitative estimate of drug-likeness (QED) is 0.0684. The van der Waals surface area contributed by atoms with Gasteiger partial charge in [-0.25, -0.2) is 0 Å². The molecule has 0 aromatic heterocycles. The van der Waals surface area contributed by atoms with Crippen LogP contribution in [0.2, 0.25) is 0 Å². The van der Waals surface area contributed by atoms with E-state index in [1.807, 2.05) is 0 Å². The first-order valence-corrected chi connectivity index (χ1v) is 15.6. The molecule has 12 unspecified atom stereocenters. The van der Waals surface area contributed by atoms with Gasteiger partial charge in [0.25, 0.3) is 5.91 Å². The number of rotatable bonds is 12. The Morgan fingerprint density at radius 3 is 2.52 bits per heavy atom. The van der Waals surface area contributed by atoms with Crippen LogP contribution < -0.4 is 38.9 Å². The SMILES string of the molecule is CNC1C(O)C(OC2C(NC(=O)C3(O)CC(N=C(N)N)C3)CC(N)C(C3OC(CNCC(O)CO)=CCC3N)C2O)OCC1(C)O. The average Bonchev–Trinajstić information content (AvgIpc) is 2.96. The van der Waals surface area contributed by atoms with Crippen LogP contribution in [-0.2, 0) is 19.0 Å². The Hall–Kier alpha value is -2.20. The van der Waals surface area contributed by atoms with Gasteiger partial charge in [-0.15, -0.1) is 0 Å². The van der Waals surface area contributed by atoms with Gasteiger partial charge in [0.2, 0.25) is 0 Å². The highest BCUT2D eigenvalue weighted by molar-refractivity contribution is 5.87. The second-order valence-corrected chi connectivity index (χ2v) is 13.2. The number of nitrogens with two attached hydrogens (primary N) is 4. The number of hydrogen-bond acceptors (Lipinski definition) is 15. The fourth-order valence-electron chi connectivity index (χ4n) is 6.90. The van der Waals surface area contributed by atoms with Crippen LogP contribution in [0, 0.1) is 5.92 Å². The van der Waals surface area contributed by atoms with Crippen LogP contribution in [-0.4, -0.2) is 154 Å². The van der Waals surface area contributed by atoms with Gasteiger partial charge in [0.15, 0.2) is 12.2 Å². The molecule has 0 bridgehead atoms. The molecule has 3 fully saturated rings. The van der Waals surface area contributed by atoms with Crippen LogP contribution in [0.5, 0.6) is 0 Å². The predicted molar refractivity (Wildman–Crippen MR) is 163 cm³/mol. The van der Waals surface area contributed by atoms with Gasteiger partial charge in [-0.1, -0.05) is 0 Å². The van der Waals surface area contributed by atoms with E-state index in [-0.39, 0.29) is 44.9 Å². The predicted octanol–water partition coefficient (Wildman–Crippen LogP) is -6.27. The third-order valence-electron chi connectivity index (χ3n) is 9.39. The van der Waals surface area contributed by atoms with Crippen molar-refractivity contribution in [2.45, 2.75) is 111 Å². The summed E-state index contributed by atoms with van der Waals surface area (Å²) in [5.41, 5.74) is 20.8. The first kappa shape index (κ1) is 36.6. The molecule has 0 radical (unpaired) electrons. The number of amides is 1. The van der Waals surface area contributed by atoms with E-state index in [2.05, 4.69) is 20.9 Å². The van der Waals surface area contributed by atoms with Crippen LogP contribution >= 0.6 is 0 Å². The Balaban J connectivity index is 1.54. The lowest BCUT2D eigenvalue weighted by atomic mass is 9.71. The molecule has 2 heterocycles. The Morgan fingerprint density at radius 1 is 1.20 bits per heavy atom. The van der Waals surface area contributed by atoms with Gasteiger partial charge in [-0.2, -0.15) is 0 Å². The molecule has 17 N–H and O–H groups in total. The molecule has 0 spiro atoms. The molecule has 12 atom stereocenters. The van der Waals surface area contributed by atoms with Crippen molar-refractivity contribution in [2.75, 3.05) is 33.4 Å². The third-order valence-corrected chi connectivity index (χ3v) is 9.39. The van der Waals surface area contributed by atoms with Crippen molar-refractivity contribution in [2.24, 2.45) is 33.8 Å². The molecular weight excluding hydrogens is 608 g/mol. The van der Waals surface area contributed by atoms with Gasteiger partial charge in [-0.3, -0.25) is 9.79 Å². The van der Waals surface area contributed by atoms with E-state index in [0.29, 0.717) is 12.2 Å². The molecule has 18 nitrogen and oxygen atoms in total. The van der Waals surface area contributed by atoms with Gasteiger partial charge in [0.1, 0.15) is 35.3 Å². The summed E-state index contributed by atoms with van der Waals surface area (Å²) < 4.78 is 18.1. The second-order valence-electron chi connectivity index (χ2n) is 13.2. The van der Waals surface area contributed by atoms with E-state index in [1.54, 1.807) is 13.1 Å². The minimum atomic E-state index is -1.76. The minimum Gasteiger partial charge on any atom is -0.492 e. The number of carbonyl (C=O) groups excluding carboxylic acids is 1. The highest BCUT2D eigenvalue weighted by Crippen LogP contribution is 2.38. The standard InChI is InChI=1S/C28H52N8O10/c1-27(42)11-44-24(20(40)23(27)33-2)46-22-17(36-25(41)28(43)6-12(7-28)35-26(31)32)5-16(30)18(19(22)39)21-15(29)4-3-14(45-21)9-34-8-13(38)10-37/h3,12-13,15-24,33-34,37-40,42-43H,4-11,29-30H2,1-2H3,(H,36,41)(H4,31,32,35). The Morgan fingerprint density at radius 2 is 1.89 bits per heavy atom. The summed E-state index contributed by atoms with van der Waals surface area (Å²) in [7, 11) is 1.57. The van der Waals surface area contributed by atoms with E-state index in [4.69, 9.17) is 42.3 Å². The lowest BCUT2D eigenvalue weighted by molar-refractivity contribution is -0.297. The van der Waals surface area contributed by atoms with Crippen LogP contribution in [0.3, 0.4) is 0 Å². The summed E-state index contributed by atoms with van der Waals surface area (Å²) in [5.74, 6) is -1.17. The molecule has 2 aliphatic carbocycles. The molecule has 2 aliphatic heterocycles. The van der Waals surface area contributed by atoms with Gasteiger partial charge in [0.05, 0.1) is 50.1 Å². The number of nitrogens with one attached hydrogen (secondary N) is 3. The first-order chi connectivity index (χ1) is 21.6. The van der Waals surface area contributed by atoms with E-state index < -0.39 is 96.7 Å². The Kier molecular flexibility index (Phi) is 11.9. The van der Waals surface area contributed by atoms with E-state index in [0.717, 1.165) is 0 Å². The molecule has 18 heteroatoms. The van der Waals surface area contributed by atoms with Crippen molar-refractivity contribution in [3.63, 3.8) is 0 Å². The van der Waals surface area contributed by atoms with Gasteiger partial charge in [-0.05, 0) is 32.9 Å². The molecule has 264 valence electrons. The summed E-state index contributed by atoms with van der Waals surface area (Å²) in [6.07, 6.45) is -4.78. The molecule has 0 aromatic carbocycles. The number of ether oxygens (including phenoxy) is 3. The Bertz CT molecular complexity index is 1100. The largest absolute Gasteiger partial charge is 0.492 e. The normalized spacial score (nSPS) is 43.4. The fraction of sp³-hybridized carbons (Fsp3) is 0.857. The van der Waals surface area contributed by atoms with Crippen molar-refractivity contribution in [3.8, 4) is 0 Å². The number of aliphatic imine (C=N–C) groups is 1. The fourth-order valence-corrected chi connectivity index (χ4v) is 6.90. The number of hydrogen-bond donors (Lipinski definition) is 13. The van der Waals surface area contributed by atoms with Gasteiger partial charge >= 0.3 is 0 Å². The first-order valence-electron chi connectivity index (χ1n) is 15.6. The van der Waals surface area contributed by atoms with Gasteiger partial charge in [0, 0.05) is 37.4 Å². The summed E-state index contributed by atoms with van der Waals surface area (Å²) >= 11 is 0. The number of likely N-dealkylation sites (N-methyl/N-ethyl adjacent to an activating group) is 1. The maximum Gasteiger partial charge on any atom is 0.252 e. The topological polar surface area (TPSA) is 319 Å². The molecule has 4 aliphatic rings. The molecule has 1 amide bonds. The van der Waals surface area contributed by atoms with Crippen molar-refractivity contribution in [1.29, 1.82) is 0 Å². The summed E-state index contributed by atoms with van der Waals surface area (Å²) in [4.78, 5) is 17.3. The van der Waals surface area contributed by atoms with E-state index in [9.17, 15) is 30.3 Å². The van der Waals surface area contributed by atoms with Crippen LogP contribution in [0.15, 0.2) is 16.8 Å². The number of guanidine groups is 1. The zero-order valence-electron chi connectivity index (χ0n) is 26.2. The van der Waals surface area contributed by atoms with E-state index >= 15 is 0 Å². The van der Waals surface area contributed by atoms with Crippen molar-refractivity contribution < 1.29 is 49.6 Å². The average molecular weight is 661 g/mol. The maximum atomic E-state index is 13.3. The zero-order valence-corrected chi connectivity index (χ0v) is 26.2. The molecule has 2 saturated carbocycles. The van der Waals surface area contributed by atoms with Crippen molar-refractivity contribution in [1.82, 2.24) is 16.0 Å². The summed E-state index contributed by atoms with van der Waals surface area (Å²) in [6, 6.07) is -3.54. The minimum absolute atomic E-state index is 0.0150. The zero-order chi connectivity index (χ0) is 34.0. The molecule has 1 saturated heterocycles. The number of aliphatic hydroxyl groups excluding tert-OH is 4. The lowest BCUT2D eigenvalue weighted by Gasteiger charge is -2.51. The number of carbonyl (C=O) groups is 1. The third kappa shape index (κ3) is 8.08. The molecular formula is C28H52N8O10. The van der Waals surface area contributed by atoms with Crippen molar-refractivity contribution >= 4 is 11.9 Å². The maximum absolute atomic E-state index is 13.3. The molecule has 4 rings (SSSR count). The van der Waals surface area contributed by atoms with E-state index in [1.165, 1.54) is 6.92 Å². The summed E-state index contributed by atoms with van der Waals surface area (Å²) in [5, 5.41) is 72.0. The molecule has 46 heavy (non-hydrogen) atoms. The van der Waals surface area contributed by atoms with Crippen LogP contribution in [0.4, 0.5) is 0 Å². The lowest BCUT2D eigenvalue weighted by Crippen LogP contribution is -2.70. The summed E-state index contributed by atoms with van der Waals surface area (Å²) in [6.45, 7) is 1.26.